The molecule has 13 heavy (non-hydrogen) atoms. The van der Waals surface area contributed by atoms with Crippen LogP contribution in [0, 0.1) is 0 Å². The molecule has 2 nitrogen and oxygen atoms in total. The highest BCUT2D eigenvalue weighted by Gasteiger charge is 2.23. The first-order chi connectivity index (χ1) is 6.02. The molecule has 2 N–H and O–H groups in total. The first-order valence-electron chi connectivity index (χ1n) is 4.53. The molecular formula is C11H17NO. The number of nitrogens with one attached hydrogen (secondary N) is 1. The fourth-order valence-electron chi connectivity index (χ4n) is 0.998. The smallest absolute Gasteiger partial charge is 0.0736 e. The van der Waals surface area contributed by atoms with Crippen molar-refractivity contribution in [3.05, 3.63) is 30.3 Å². The van der Waals surface area contributed by atoms with Gasteiger partial charge in [0.25, 0.3) is 0 Å². The molecule has 0 saturated heterocycles. The largest absolute Gasteiger partial charge is 0.391 e. The maximum Gasteiger partial charge on any atom is 0.0736 e. The molecule has 72 valence electrons. The van der Waals surface area contributed by atoms with E-state index < -0.39 is 0 Å². The molecule has 0 bridgehead atoms. The minimum absolute atomic E-state index is 0.290. The average Bonchev–Trinajstić information content (AvgIpc) is 2.05. The molecule has 0 aromatic heterocycles. The zero-order chi connectivity index (χ0) is 9.90. The third-order valence-corrected chi connectivity index (χ3v) is 2.28. The van der Waals surface area contributed by atoms with Crippen molar-refractivity contribution < 1.29 is 5.11 Å². The highest BCUT2D eigenvalue weighted by molar-refractivity contribution is 5.44. The second-order valence-corrected chi connectivity index (χ2v) is 3.89. The normalized spacial score (nSPS) is 13.8. The summed E-state index contributed by atoms with van der Waals surface area (Å²) in [5.41, 5.74) is 0.745. The van der Waals surface area contributed by atoms with Gasteiger partial charge in [0, 0.05) is 5.69 Å². The topological polar surface area (TPSA) is 32.3 Å². The van der Waals surface area contributed by atoms with Crippen LogP contribution in [0.15, 0.2) is 30.3 Å². The molecule has 2 heteroatoms. The SMILES string of the molecule is CC(O)C(C)(C)Nc1ccccc1. The molecule has 0 radical (unpaired) electrons. The van der Waals surface area contributed by atoms with Crippen molar-refractivity contribution in [1.82, 2.24) is 0 Å². The third kappa shape index (κ3) is 2.74. The van der Waals surface area contributed by atoms with Gasteiger partial charge in [-0.05, 0) is 32.9 Å². The first-order valence-corrected chi connectivity index (χ1v) is 4.53. The molecule has 0 saturated carbocycles. The maximum absolute atomic E-state index is 9.48. The minimum atomic E-state index is -0.382. The van der Waals surface area contributed by atoms with Gasteiger partial charge in [0.2, 0.25) is 0 Å². The molecule has 0 heterocycles. The van der Waals surface area contributed by atoms with Crippen LogP contribution in [0.2, 0.25) is 0 Å². The second kappa shape index (κ2) is 3.79. The van der Waals surface area contributed by atoms with Gasteiger partial charge in [-0.25, -0.2) is 0 Å². The molecule has 0 aliphatic heterocycles. The van der Waals surface area contributed by atoms with E-state index in [1.807, 2.05) is 44.2 Å². The number of para-hydroxylation sites is 1. The molecular weight excluding hydrogens is 162 g/mol. The first kappa shape index (κ1) is 10.1. The van der Waals surface area contributed by atoms with Crippen molar-refractivity contribution in [3.63, 3.8) is 0 Å². The van der Waals surface area contributed by atoms with Crippen LogP contribution in [0.25, 0.3) is 0 Å². The number of hydrogen-bond donors (Lipinski definition) is 2. The molecule has 1 rings (SSSR count). The lowest BCUT2D eigenvalue weighted by Gasteiger charge is -2.30. The van der Waals surface area contributed by atoms with Gasteiger partial charge in [-0.15, -0.1) is 0 Å². The highest BCUT2D eigenvalue weighted by Crippen LogP contribution is 2.17. The summed E-state index contributed by atoms with van der Waals surface area (Å²) in [6.07, 6.45) is -0.382. The zero-order valence-electron chi connectivity index (χ0n) is 8.41. The number of hydrogen-bond acceptors (Lipinski definition) is 2. The summed E-state index contributed by atoms with van der Waals surface area (Å²) in [5.74, 6) is 0. The van der Waals surface area contributed by atoms with E-state index in [2.05, 4.69) is 5.32 Å². The number of rotatable bonds is 3. The summed E-state index contributed by atoms with van der Waals surface area (Å²) >= 11 is 0. The van der Waals surface area contributed by atoms with Crippen LogP contribution < -0.4 is 5.32 Å². The molecule has 1 unspecified atom stereocenters. The van der Waals surface area contributed by atoms with Crippen LogP contribution in [0.4, 0.5) is 5.69 Å². The Morgan fingerprint density at radius 1 is 1.23 bits per heavy atom. The molecule has 0 fully saturated rings. The minimum Gasteiger partial charge on any atom is -0.391 e. The van der Waals surface area contributed by atoms with E-state index in [1.165, 1.54) is 0 Å². The lowest BCUT2D eigenvalue weighted by atomic mass is 9.98. The Labute approximate surface area is 79.6 Å². The second-order valence-electron chi connectivity index (χ2n) is 3.89. The summed E-state index contributed by atoms with van der Waals surface area (Å²) in [7, 11) is 0. The fraction of sp³-hybridized carbons (Fsp3) is 0.455. The Kier molecular flexibility index (Phi) is 2.94. The molecule has 1 aromatic carbocycles. The summed E-state index contributed by atoms with van der Waals surface area (Å²) in [4.78, 5) is 0. The van der Waals surface area contributed by atoms with Crippen LogP contribution >= 0.6 is 0 Å². The van der Waals surface area contributed by atoms with E-state index in [1.54, 1.807) is 6.92 Å². The molecule has 1 aromatic rings. The van der Waals surface area contributed by atoms with Gasteiger partial charge in [0.1, 0.15) is 0 Å². The van der Waals surface area contributed by atoms with Crippen LogP contribution in [-0.2, 0) is 0 Å². The van der Waals surface area contributed by atoms with Gasteiger partial charge < -0.3 is 10.4 Å². The van der Waals surface area contributed by atoms with Gasteiger partial charge in [-0.3, -0.25) is 0 Å². The standard InChI is InChI=1S/C11H17NO/c1-9(13)11(2,3)12-10-7-5-4-6-8-10/h4-9,12-13H,1-3H3. The monoisotopic (exact) mass is 179 g/mol. The van der Waals surface area contributed by atoms with Crippen molar-refractivity contribution in [1.29, 1.82) is 0 Å². The Morgan fingerprint density at radius 2 is 1.77 bits per heavy atom. The Balaban J connectivity index is 2.69. The Hall–Kier alpha value is -1.02. The van der Waals surface area contributed by atoms with Crippen LogP contribution in [-0.4, -0.2) is 16.7 Å². The van der Waals surface area contributed by atoms with Gasteiger partial charge in [-0.2, -0.15) is 0 Å². The number of anilines is 1. The zero-order valence-corrected chi connectivity index (χ0v) is 8.41. The predicted octanol–water partition coefficient (Wildman–Crippen LogP) is 2.26. The van der Waals surface area contributed by atoms with Crippen molar-refractivity contribution in [2.24, 2.45) is 0 Å². The van der Waals surface area contributed by atoms with Gasteiger partial charge in [0.05, 0.1) is 11.6 Å². The fourth-order valence-corrected chi connectivity index (χ4v) is 0.998. The quantitative estimate of drug-likeness (QED) is 0.746. The van der Waals surface area contributed by atoms with Gasteiger partial charge >= 0.3 is 0 Å². The summed E-state index contributed by atoms with van der Waals surface area (Å²) in [6, 6.07) is 9.90. The third-order valence-electron chi connectivity index (χ3n) is 2.28. The summed E-state index contributed by atoms with van der Waals surface area (Å²) in [6.45, 7) is 5.74. The van der Waals surface area contributed by atoms with Crippen LogP contribution in [0.5, 0.6) is 0 Å². The van der Waals surface area contributed by atoms with Gasteiger partial charge in [-0.1, -0.05) is 18.2 Å². The van der Waals surface area contributed by atoms with Crippen molar-refractivity contribution in [3.8, 4) is 0 Å². The maximum atomic E-state index is 9.48. The van der Waals surface area contributed by atoms with E-state index in [0.717, 1.165) is 5.69 Å². The highest BCUT2D eigenvalue weighted by atomic mass is 16.3. The molecule has 0 aliphatic carbocycles. The van der Waals surface area contributed by atoms with E-state index in [0.29, 0.717) is 0 Å². The molecule has 0 amide bonds. The van der Waals surface area contributed by atoms with E-state index >= 15 is 0 Å². The summed E-state index contributed by atoms with van der Waals surface area (Å²) < 4.78 is 0. The van der Waals surface area contributed by atoms with Crippen molar-refractivity contribution in [2.75, 3.05) is 5.32 Å². The predicted molar refractivity (Wildman–Crippen MR) is 55.8 cm³/mol. The average molecular weight is 179 g/mol. The Morgan fingerprint density at radius 3 is 2.23 bits per heavy atom. The van der Waals surface area contributed by atoms with Gasteiger partial charge in [0.15, 0.2) is 0 Å². The summed E-state index contributed by atoms with van der Waals surface area (Å²) in [5, 5.41) is 12.7. The van der Waals surface area contributed by atoms with E-state index in [-0.39, 0.29) is 11.6 Å². The number of aliphatic hydroxyl groups is 1. The van der Waals surface area contributed by atoms with Crippen LogP contribution in [0.1, 0.15) is 20.8 Å². The Bertz CT molecular complexity index is 254. The van der Waals surface area contributed by atoms with Crippen LogP contribution in [0.3, 0.4) is 0 Å². The van der Waals surface area contributed by atoms with E-state index in [4.69, 9.17) is 0 Å². The molecule has 1 atom stereocenters. The lowest BCUT2D eigenvalue weighted by molar-refractivity contribution is 0.133. The number of aliphatic hydroxyl groups excluding tert-OH is 1. The van der Waals surface area contributed by atoms with Crippen molar-refractivity contribution in [2.45, 2.75) is 32.4 Å². The lowest BCUT2D eigenvalue weighted by Crippen LogP contribution is -2.41. The van der Waals surface area contributed by atoms with E-state index in [9.17, 15) is 5.11 Å². The molecule has 0 spiro atoms. The molecule has 0 aliphatic rings. The number of benzene rings is 1. The van der Waals surface area contributed by atoms with Crippen molar-refractivity contribution >= 4 is 5.69 Å².